The lowest BCUT2D eigenvalue weighted by Gasteiger charge is -2.41. The molecule has 2 aliphatic rings. The minimum absolute atomic E-state index is 0.496. The highest BCUT2D eigenvalue weighted by Crippen LogP contribution is 2.35. The maximum atomic E-state index is 6.21. The third-order valence-electron chi connectivity index (χ3n) is 5.30. The summed E-state index contributed by atoms with van der Waals surface area (Å²) < 4.78 is 0. The van der Waals surface area contributed by atoms with Gasteiger partial charge < -0.3 is 5.32 Å². The van der Waals surface area contributed by atoms with Crippen LogP contribution in [0.15, 0.2) is 24.3 Å². The number of rotatable bonds is 5. The molecule has 1 aromatic rings. The Bertz CT molecular complexity index is 464. The average Bonchev–Trinajstić information content (AvgIpc) is 2.83. The molecule has 3 rings (SSSR count). The van der Waals surface area contributed by atoms with Crippen LogP contribution in [0, 0.1) is 0 Å². The second kappa shape index (κ2) is 6.68. The van der Waals surface area contributed by atoms with E-state index in [1.165, 1.54) is 31.2 Å². The standard InChI is InChI=1S/C18H27ClN2/c1-3-18(13-6-5-7-14(19)10-13)21(4-2)17-11-15-8-9-16(12-17)20-15/h5-7,10,15-18,20H,3-4,8-9,11-12H2,1-2H3. The summed E-state index contributed by atoms with van der Waals surface area (Å²) in [4.78, 5) is 2.72. The lowest BCUT2D eigenvalue weighted by Crippen LogP contribution is -2.49. The summed E-state index contributed by atoms with van der Waals surface area (Å²) in [6.07, 6.45) is 6.50. The quantitative estimate of drug-likeness (QED) is 0.867. The van der Waals surface area contributed by atoms with Crippen LogP contribution in [0.1, 0.15) is 57.6 Å². The number of halogens is 1. The van der Waals surface area contributed by atoms with Gasteiger partial charge in [-0.15, -0.1) is 0 Å². The van der Waals surface area contributed by atoms with Crippen LogP contribution in [-0.2, 0) is 0 Å². The molecule has 2 nitrogen and oxygen atoms in total. The first-order valence-corrected chi connectivity index (χ1v) is 8.86. The van der Waals surface area contributed by atoms with E-state index in [2.05, 4.69) is 42.3 Å². The van der Waals surface area contributed by atoms with Gasteiger partial charge in [-0.1, -0.05) is 37.6 Å². The lowest BCUT2D eigenvalue weighted by molar-refractivity contribution is 0.0967. The second-order valence-corrected chi connectivity index (χ2v) is 7.01. The topological polar surface area (TPSA) is 15.3 Å². The Morgan fingerprint density at radius 2 is 1.95 bits per heavy atom. The average molecular weight is 307 g/mol. The molecule has 2 saturated heterocycles. The second-order valence-electron chi connectivity index (χ2n) is 6.57. The zero-order valence-corrected chi connectivity index (χ0v) is 13.9. The van der Waals surface area contributed by atoms with Crippen molar-refractivity contribution >= 4 is 11.6 Å². The zero-order valence-electron chi connectivity index (χ0n) is 13.2. The highest BCUT2D eigenvalue weighted by Gasteiger charge is 2.37. The minimum Gasteiger partial charge on any atom is -0.311 e. The smallest absolute Gasteiger partial charge is 0.0409 e. The summed E-state index contributed by atoms with van der Waals surface area (Å²) in [5.74, 6) is 0. The van der Waals surface area contributed by atoms with Gasteiger partial charge in [-0.3, -0.25) is 4.90 Å². The van der Waals surface area contributed by atoms with Gasteiger partial charge in [0.2, 0.25) is 0 Å². The first kappa shape index (κ1) is 15.3. The molecule has 1 aromatic carbocycles. The summed E-state index contributed by atoms with van der Waals surface area (Å²) >= 11 is 6.21. The fraction of sp³-hybridized carbons (Fsp3) is 0.667. The SMILES string of the molecule is CCC(c1cccc(Cl)c1)N(CC)C1CC2CCC(C1)N2. The molecule has 116 valence electrons. The van der Waals surface area contributed by atoms with Crippen LogP contribution in [0.2, 0.25) is 5.02 Å². The van der Waals surface area contributed by atoms with E-state index in [0.29, 0.717) is 6.04 Å². The number of hydrogen-bond donors (Lipinski definition) is 1. The summed E-state index contributed by atoms with van der Waals surface area (Å²) in [5, 5.41) is 4.61. The monoisotopic (exact) mass is 306 g/mol. The van der Waals surface area contributed by atoms with Crippen molar-refractivity contribution in [3.63, 3.8) is 0 Å². The Hall–Kier alpha value is -0.570. The molecule has 0 saturated carbocycles. The molecular formula is C18H27ClN2. The van der Waals surface area contributed by atoms with Gasteiger partial charge in [-0.05, 0) is 56.3 Å². The largest absolute Gasteiger partial charge is 0.311 e. The first-order valence-electron chi connectivity index (χ1n) is 8.48. The summed E-state index contributed by atoms with van der Waals surface area (Å²) in [6.45, 7) is 5.72. The molecule has 3 unspecified atom stereocenters. The Kier molecular flexibility index (Phi) is 4.88. The van der Waals surface area contributed by atoms with Crippen molar-refractivity contribution in [1.29, 1.82) is 0 Å². The molecule has 0 aliphatic carbocycles. The van der Waals surface area contributed by atoms with Crippen LogP contribution in [0.5, 0.6) is 0 Å². The van der Waals surface area contributed by atoms with Crippen molar-refractivity contribution in [2.75, 3.05) is 6.54 Å². The number of piperidine rings is 1. The van der Waals surface area contributed by atoms with Crippen LogP contribution in [0.4, 0.5) is 0 Å². The predicted octanol–water partition coefficient (Wildman–Crippen LogP) is 4.40. The predicted molar refractivity (Wildman–Crippen MR) is 89.8 cm³/mol. The van der Waals surface area contributed by atoms with Gasteiger partial charge in [0.1, 0.15) is 0 Å². The van der Waals surface area contributed by atoms with Crippen molar-refractivity contribution in [1.82, 2.24) is 10.2 Å². The van der Waals surface area contributed by atoms with Gasteiger partial charge in [0, 0.05) is 29.2 Å². The molecule has 3 heteroatoms. The maximum absolute atomic E-state index is 6.21. The number of hydrogen-bond acceptors (Lipinski definition) is 2. The fourth-order valence-electron chi connectivity index (χ4n) is 4.41. The molecule has 21 heavy (non-hydrogen) atoms. The molecule has 1 N–H and O–H groups in total. The highest BCUT2D eigenvalue weighted by molar-refractivity contribution is 6.30. The van der Waals surface area contributed by atoms with E-state index >= 15 is 0 Å². The maximum Gasteiger partial charge on any atom is 0.0409 e. The van der Waals surface area contributed by atoms with E-state index in [-0.39, 0.29) is 0 Å². The minimum atomic E-state index is 0.496. The summed E-state index contributed by atoms with van der Waals surface area (Å²) in [7, 11) is 0. The van der Waals surface area contributed by atoms with Crippen LogP contribution < -0.4 is 5.32 Å². The van der Waals surface area contributed by atoms with E-state index in [4.69, 9.17) is 11.6 Å². The molecule has 0 aromatic heterocycles. The molecule has 0 radical (unpaired) electrons. The number of nitrogens with one attached hydrogen (secondary N) is 1. The van der Waals surface area contributed by atoms with Gasteiger partial charge in [-0.25, -0.2) is 0 Å². The van der Waals surface area contributed by atoms with Crippen molar-refractivity contribution in [2.24, 2.45) is 0 Å². The van der Waals surface area contributed by atoms with Crippen molar-refractivity contribution in [3.8, 4) is 0 Å². The third kappa shape index (κ3) is 3.28. The van der Waals surface area contributed by atoms with Gasteiger partial charge >= 0.3 is 0 Å². The molecule has 0 spiro atoms. The van der Waals surface area contributed by atoms with E-state index < -0.39 is 0 Å². The molecule has 2 heterocycles. The fourth-order valence-corrected chi connectivity index (χ4v) is 4.61. The zero-order chi connectivity index (χ0) is 14.8. The Morgan fingerprint density at radius 3 is 2.52 bits per heavy atom. The van der Waals surface area contributed by atoms with Gasteiger partial charge in [0.05, 0.1) is 0 Å². The lowest BCUT2D eigenvalue weighted by atomic mass is 9.93. The van der Waals surface area contributed by atoms with E-state index in [1.807, 2.05) is 6.07 Å². The van der Waals surface area contributed by atoms with Crippen LogP contribution in [0.3, 0.4) is 0 Å². The van der Waals surface area contributed by atoms with Crippen molar-refractivity contribution < 1.29 is 0 Å². The van der Waals surface area contributed by atoms with Crippen molar-refractivity contribution in [2.45, 2.75) is 70.1 Å². The summed E-state index contributed by atoms with van der Waals surface area (Å²) in [6, 6.07) is 11.2. The highest BCUT2D eigenvalue weighted by atomic mass is 35.5. The normalized spacial score (nSPS) is 29.8. The Labute approximate surface area is 133 Å². The number of fused-ring (bicyclic) bond motifs is 2. The van der Waals surface area contributed by atoms with Crippen LogP contribution >= 0.6 is 11.6 Å². The first-order chi connectivity index (χ1) is 10.2. The van der Waals surface area contributed by atoms with Crippen LogP contribution in [0.25, 0.3) is 0 Å². The van der Waals surface area contributed by atoms with E-state index in [9.17, 15) is 0 Å². The van der Waals surface area contributed by atoms with E-state index in [0.717, 1.165) is 36.1 Å². The molecule has 2 bridgehead atoms. The number of nitrogens with zero attached hydrogens (tertiary/aromatic N) is 1. The van der Waals surface area contributed by atoms with Gasteiger partial charge in [0.15, 0.2) is 0 Å². The third-order valence-corrected chi connectivity index (χ3v) is 5.54. The summed E-state index contributed by atoms with van der Waals surface area (Å²) in [5.41, 5.74) is 1.37. The number of benzene rings is 1. The van der Waals surface area contributed by atoms with Gasteiger partial charge in [-0.2, -0.15) is 0 Å². The molecular weight excluding hydrogens is 280 g/mol. The van der Waals surface area contributed by atoms with Crippen LogP contribution in [-0.4, -0.2) is 29.6 Å². The Morgan fingerprint density at radius 1 is 1.24 bits per heavy atom. The molecule has 2 fully saturated rings. The Balaban J connectivity index is 1.80. The molecule has 2 aliphatic heterocycles. The van der Waals surface area contributed by atoms with E-state index in [1.54, 1.807) is 0 Å². The van der Waals surface area contributed by atoms with Gasteiger partial charge in [0.25, 0.3) is 0 Å². The molecule has 3 atom stereocenters. The molecule has 0 amide bonds. The van der Waals surface area contributed by atoms with Crippen molar-refractivity contribution in [3.05, 3.63) is 34.9 Å².